The lowest BCUT2D eigenvalue weighted by atomic mass is 10.1. The Kier molecular flexibility index (Phi) is 5.70. The lowest BCUT2D eigenvalue weighted by Crippen LogP contribution is -2.34. The monoisotopic (exact) mass is 254 g/mol. The summed E-state index contributed by atoms with van der Waals surface area (Å²) >= 11 is 0. The second-order valence-corrected chi connectivity index (χ2v) is 4.02. The van der Waals surface area contributed by atoms with E-state index in [0.717, 1.165) is 19.4 Å². The van der Waals surface area contributed by atoms with Crippen LogP contribution in [0.5, 0.6) is 0 Å². The number of carbonyl (C=O) groups is 1. The molecule has 17 heavy (non-hydrogen) atoms. The third kappa shape index (κ3) is 7.17. The Balaban J connectivity index is 1.96. The second kappa shape index (κ2) is 6.80. The van der Waals surface area contributed by atoms with Gasteiger partial charge in [-0.1, -0.05) is 0 Å². The molecular weight excluding hydrogens is 237 g/mol. The fraction of sp³-hybridized carbons (Fsp3) is 0.900. The smallest absolute Gasteiger partial charge is 0.370 e. The summed E-state index contributed by atoms with van der Waals surface area (Å²) in [6.07, 6.45) is -1.90. The van der Waals surface area contributed by atoms with Crippen molar-refractivity contribution in [1.29, 1.82) is 0 Å². The number of hydrogen-bond acceptors (Lipinski definition) is 3. The summed E-state index contributed by atoms with van der Waals surface area (Å²) in [4.78, 5) is 11.3. The van der Waals surface area contributed by atoms with Crippen LogP contribution in [0.1, 0.15) is 19.3 Å². The van der Waals surface area contributed by atoms with E-state index < -0.39 is 12.8 Å². The first-order valence-corrected chi connectivity index (χ1v) is 5.62. The van der Waals surface area contributed by atoms with E-state index in [0.29, 0.717) is 6.42 Å². The maximum Gasteiger partial charge on any atom is 0.411 e. The summed E-state index contributed by atoms with van der Waals surface area (Å²) in [5, 5.41) is 5.69. The summed E-state index contributed by atoms with van der Waals surface area (Å²) in [6.45, 7) is -0.356. The SMILES string of the molecule is O=C(CC1CCCN1)NCCOCC(F)(F)F. The van der Waals surface area contributed by atoms with Crippen molar-refractivity contribution in [3.8, 4) is 0 Å². The van der Waals surface area contributed by atoms with Gasteiger partial charge in [-0.3, -0.25) is 4.79 Å². The number of alkyl halides is 3. The first-order valence-electron chi connectivity index (χ1n) is 5.62. The Labute approximate surface area is 97.9 Å². The van der Waals surface area contributed by atoms with Gasteiger partial charge in [-0.25, -0.2) is 0 Å². The van der Waals surface area contributed by atoms with Crippen molar-refractivity contribution in [1.82, 2.24) is 10.6 Å². The number of ether oxygens (including phenoxy) is 1. The number of halogens is 3. The zero-order chi connectivity index (χ0) is 12.7. The third-order valence-electron chi connectivity index (χ3n) is 2.43. The second-order valence-electron chi connectivity index (χ2n) is 4.02. The molecule has 1 unspecified atom stereocenters. The van der Waals surface area contributed by atoms with E-state index in [1.165, 1.54) is 0 Å². The minimum absolute atomic E-state index is 0.113. The Morgan fingerprint density at radius 3 is 2.82 bits per heavy atom. The average molecular weight is 254 g/mol. The molecule has 0 aromatic carbocycles. The maximum absolute atomic E-state index is 11.7. The van der Waals surface area contributed by atoms with Gasteiger partial charge in [0.2, 0.25) is 5.91 Å². The van der Waals surface area contributed by atoms with Gasteiger partial charge in [0, 0.05) is 19.0 Å². The summed E-state index contributed by atoms with van der Waals surface area (Å²) in [5.41, 5.74) is 0. The first kappa shape index (κ1) is 14.2. The van der Waals surface area contributed by atoms with Crippen LogP contribution in [-0.2, 0) is 9.53 Å². The van der Waals surface area contributed by atoms with E-state index in [2.05, 4.69) is 15.4 Å². The molecule has 0 saturated carbocycles. The van der Waals surface area contributed by atoms with Crippen LogP contribution in [0.3, 0.4) is 0 Å². The molecule has 1 aliphatic heterocycles. The highest BCUT2D eigenvalue weighted by Crippen LogP contribution is 2.14. The molecule has 1 aliphatic rings. The number of amides is 1. The van der Waals surface area contributed by atoms with Crippen LogP contribution in [0.25, 0.3) is 0 Å². The van der Waals surface area contributed by atoms with Crippen LogP contribution >= 0.6 is 0 Å². The number of hydrogen-bond donors (Lipinski definition) is 2. The molecular formula is C10H17F3N2O2. The van der Waals surface area contributed by atoms with Gasteiger partial charge in [0.25, 0.3) is 0 Å². The minimum Gasteiger partial charge on any atom is -0.370 e. The topological polar surface area (TPSA) is 50.4 Å². The Hall–Kier alpha value is -0.820. The number of nitrogens with one attached hydrogen (secondary N) is 2. The van der Waals surface area contributed by atoms with Gasteiger partial charge in [0.1, 0.15) is 6.61 Å². The Bertz CT molecular complexity index is 240. The zero-order valence-corrected chi connectivity index (χ0v) is 9.48. The molecule has 0 radical (unpaired) electrons. The van der Waals surface area contributed by atoms with Crippen molar-refractivity contribution in [3.63, 3.8) is 0 Å². The predicted octanol–water partition coefficient (Wildman–Crippen LogP) is 0.824. The van der Waals surface area contributed by atoms with E-state index in [1.54, 1.807) is 0 Å². The van der Waals surface area contributed by atoms with Gasteiger partial charge in [-0.15, -0.1) is 0 Å². The zero-order valence-electron chi connectivity index (χ0n) is 9.48. The van der Waals surface area contributed by atoms with Crippen LogP contribution < -0.4 is 10.6 Å². The molecule has 2 N–H and O–H groups in total. The van der Waals surface area contributed by atoms with Crippen LogP contribution in [0.4, 0.5) is 13.2 Å². The van der Waals surface area contributed by atoms with Crippen molar-refractivity contribution in [2.75, 3.05) is 26.3 Å². The van der Waals surface area contributed by atoms with E-state index >= 15 is 0 Å². The standard InChI is InChI=1S/C10H17F3N2O2/c11-10(12,13)7-17-5-4-15-9(16)6-8-2-1-3-14-8/h8,14H,1-7H2,(H,15,16). The Morgan fingerprint density at radius 2 is 2.24 bits per heavy atom. The number of carbonyl (C=O) groups excluding carboxylic acids is 1. The van der Waals surface area contributed by atoms with E-state index in [-0.39, 0.29) is 25.1 Å². The molecule has 100 valence electrons. The summed E-state index contributed by atoms with van der Waals surface area (Å²) in [7, 11) is 0. The highest BCUT2D eigenvalue weighted by molar-refractivity contribution is 5.76. The van der Waals surface area contributed by atoms with Gasteiger partial charge in [-0.2, -0.15) is 13.2 Å². The molecule has 1 amide bonds. The highest BCUT2D eigenvalue weighted by Gasteiger charge is 2.27. The van der Waals surface area contributed by atoms with E-state index in [4.69, 9.17) is 0 Å². The van der Waals surface area contributed by atoms with Crippen LogP contribution in [0.15, 0.2) is 0 Å². The molecule has 0 aromatic rings. The molecule has 4 nitrogen and oxygen atoms in total. The normalized spacial score (nSPS) is 20.5. The van der Waals surface area contributed by atoms with Crippen molar-refractivity contribution in [3.05, 3.63) is 0 Å². The van der Waals surface area contributed by atoms with Gasteiger partial charge in [0.15, 0.2) is 0 Å². The van der Waals surface area contributed by atoms with Crippen molar-refractivity contribution < 1.29 is 22.7 Å². The quantitative estimate of drug-likeness (QED) is 0.690. The van der Waals surface area contributed by atoms with Crippen molar-refractivity contribution in [2.45, 2.75) is 31.5 Å². The number of rotatable bonds is 6. The predicted molar refractivity (Wildman–Crippen MR) is 55.5 cm³/mol. The van der Waals surface area contributed by atoms with Gasteiger partial charge in [0.05, 0.1) is 6.61 Å². The summed E-state index contributed by atoms with van der Waals surface area (Å²) < 4.78 is 39.4. The van der Waals surface area contributed by atoms with E-state index in [1.807, 2.05) is 0 Å². The fourth-order valence-electron chi connectivity index (χ4n) is 1.68. The van der Waals surface area contributed by atoms with E-state index in [9.17, 15) is 18.0 Å². The molecule has 1 heterocycles. The molecule has 0 spiro atoms. The molecule has 0 bridgehead atoms. The fourth-order valence-corrected chi connectivity index (χ4v) is 1.68. The molecule has 1 atom stereocenters. The van der Waals surface area contributed by atoms with Gasteiger partial charge >= 0.3 is 6.18 Å². The highest BCUT2D eigenvalue weighted by atomic mass is 19.4. The average Bonchev–Trinajstić information content (AvgIpc) is 2.68. The molecule has 1 fully saturated rings. The minimum atomic E-state index is -4.31. The molecule has 1 rings (SSSR count). The van der Waals surface area contributed by atoms with Crippen LogP contribution in [-0.4, -0.2) is 44.4 Å². The first-order chi connectivity index (χ1) is 7.97. The van der Waals surface area contributed by atoms with Crippen molar-refractivity contribution in [2.24, 2.45) is 0 Å². The summed E-state index contributed by atoms with van der Waals surface area (Å²) in [5.74, 6) is -0.153. The van der Waals surface area contributed by atoms with Crippen molar-refractivity contribution >= 4 is 5.91 Å². The largest absolute Gasteiger partial charge is 0.411 e. The third-order valence-corrected chi connectivity index (χ3v) is 2.43. The maximum atomic E-state index is 11.7. The lowest BCUT2D eigenvalue weighted by molar-refractivity contribution is -0.173. The molecule has 1 saturated heterocycles. The van der Waals surface area contributed by atoms with Crippen LogP contribution in [0.2, 0.25) is 0 Å². The molecule has 0 aromatic heterocycles. The lowest BCUT2D eigenvalue weighted by Gasteiger charge is -2.11. The van der Waals surface area contributed by atoms with Crippen LogP contribution in [0, 0.1) is 0 Å². The molecule has 7 heteroatoms. The van der Waals surface area contributed by atoms with Gasteiger partial charge < -0.3 is 15.4 Å². The summed E-state index contributed by atoms with van der Waals surface area (Å²) in [6, 6.07) is 0.200. The molecule has 0 aliphatic carbocycles. The van der Waals surface area contributed by atoms with Gasteiger partial charge in [-0.05, 0) is 19.4 Å². The Morgan fingerprint density at radius 1 is 1.47 bits per heavy atom.